The second-order valence-electron chi connectivity index (χ2n) is 7.59. The number of fused-ring (bicyclic) bond motifs is 3. The molecule has 2 saturated heterocycles. The standard InChI is InChI=1S/C21H21ClN4O2/c22-14-1-2-18-17(9-14)20-19(11-24-18)25-21(13-4-7-27-12-13)26(20)15-5-8-28-16(10-15)3-6-23/h1-2,9,11,13,15-16H,3-5,7-8,10,12H2/t13-,15?,16?/m0/s1. The molecule has 0 N–H and O–H groups in total. The van der Waals surface area contributed by atoms with Crippen molar-refractivity contribution in [3.63, 3.8) is 0 Å². The van der Waals surface area contributed by atoms with Gasteiger partial charge in [0.25, 0.3) is 0 Å². The highest BCUT2D eigenvalue weighted by molar-refractivity contribution is 6.31. The predicted molar refractivity (Wildman–Crippen MR) is 106 cm³/mol. The van der Waals surface area contributed by atoms with Crippen LogP contribution in [0.3, 0.4) is 0 Å². The number of hydrogen-bond acceptors (Lipinski definition) is 5. The van der Waals surface area contributed by atoms with Gasteiger partial charge in [0.05, 0.1) is 42.4 Å². The van der Waals surface area contributed by atoms with Crippen molar-refractivity contribution in [1.29, 1.82) is 5.26 Å². The molecule has 2 fully saturated rings. The topological polar surface area (TPSA) is 73.0 Å². The van der Waals surface area contributed by atoms with Crippen molar-refractivity contribution in [1.82, 2.24) is 14.5 Å². The Morgan fingerprint density at radius 3 is 3.00 bits per heavy atom. The van der Waals surface area contributed by atoms with Crippen molar-refractivity contribution in [3.8, 4) is 6.07 Å². The lowest BCUT2D eigenvalue weighted by molar-refractivity contribution is -0.00226. The van der Waals surface area contributed by atoms with Gasteiger partial charge in [-0.25, -0.2) is 4.98 Å². The molecule has 144 valence electrons. The zero-order valence-corrected chi connectivity index (χ0v) is 16.2. The first-order chi connectivity index (χ1) is 13.7. The maximum Gasteiger partial charge on any atom is 0.115 e. The minimum Gasteiger partial charge on any atom is -0.381 e. The molecule has 28 heavy (non-hydrogen) atoms. The van der Waals surface area contributed by atoms with Crippen LogP contribution >= 0.6 is 11.6 Å². The van der Waals surface area contributed by atoms with Crippen LogP contribution in [0.4, 0.5) is 0 Å². The lowest BCUT2D eigenvalue weighted by Crippen LogP contribution is -2.29. The smallest absolute Gasteiger partial charge is 0.115 e. The van der Waals surface area contributed by atoms with E-state index in [1.54, 1.807) is 0 Å². The van der Waals surface area contributed by atoms with Crippen LogP contribution in [-0.4, -0.2) is 40.5 Å². The monoisotopic (exact) mass is 396 g/mol. The summed E-state index contributed by atoms with van der Waals surface area (Å²) in [6, 6.07) is 8.28. The van der Waals surface area contributed by atoms with Gasteiger partial charge in [0.1, 0.15) is 11.3 Å². The molecule has 5 rings (SSSR count). The third-order valence-electron chi connectivity index (χ3n) is 5.82. The third kappa shape index (κ3) is 3.04. The van der Waals surface area contributed by atoms with Crippen LogP contribution in [0, 0.1) is 11.3 Å². The van der Waals surface area contributed by atoms with E-state index in [1.807, 2.05) is 24.4 Å². The van der Waals surface area contributed by atoms with E-state index in [4.69, 9.17) is 31.3 Å². The van der Waals surface area contributed by atoms with Crippen LogP contribution in [0.5, 0.6) is 0 Å². The minimum absolute atomic E-state index is 0.0365. The van der Waals surface area contributed by atoms with Crippen LogP contribution in [0.25, 0.3) is 21.9 Å². The van der Waals surface area contributed by atoms with Crippen molar-refractivity contribution in [2.75, 3.05) is 19.8 Å². The third-order valence-corrected chi connectivity index (χ3v) is 6.06. The molecule has 0 amide bonds. The zero-order chi connectivity index (χ0) is 19.1. The number of hydrogen-bond donors (Lipinski definition) is 0. The fraction of sp³-hybridized carbons (Fsp3) is 0.476. The summed E-state index contributed by atoms with van der Waals surface area (Å²) in [5.41, 5.74) is 2.88. The first-order valence-electron chi connectivity index (χ1n) is 9.77. The van der Waals surface area contributed by atoms with E-state index in [1.165, 1.54) is 0 Å². The second kappa shape index (κ2) is 7.32. The van der Waals surface area contributed by atoms with Crippen molar-refractivity contribution in [2.45, 2.75) is 43.7 Å². The lowest BCUT2D eigenvalue weighted by atomic mass is 9.99. The van der Waals surface area contributed by atoms with E-state index in [0.29, 0.717) is 24.7 Å². The van der Waals surface area contributed by atoms with Crippen LogP contribution in [0.15, 0.2) is 24.4 Å². The molecule has 7 heteroatoms. The van der Waals surface area contributed by atoms with E-state index in [0.717, 1.165) is 53.6 Å². The van der Waals surface area contributed by atoms with Crippen LogP contribution in [0.2, 0.25) is 5.02 Å². The highest BCUT2D eigenvalue weighted by Gasteiger charge is 2.31. The Labute approximate surface area is 168 Å². The Balaban J connectivity index is 1.72. The number of ether oxygens (including phenoxy) is 2. The fourth-order valence-electron chi connectivity index (χ4n) is 4.50. The normalized spacial score (nSPS) is 25.4. The van der Waals surface area contributed by atoms with Gasteiger partial charge in [0.15, 0.2) is 0 Å². The zero-order valence-electron chi connectivity index (χ0n) is 15.5. The number of imidazole rings is 1. The molecule has 2 aliphatic rings. The summed E-state index contributed by atoms with van der Waals surface area (Å²) in [5, 5.41) is 10.8. The van der Waals surface area contributed by atoms with Crippen molar-refractivity contribution in [2.24, 2.45) is 0 Å². The first kappa shape index (κ1) is 17.9. The van der Waals surface area contributed by atoms with E-state index in [-0.39, 0.29) is 18.1 Å². The molecule has 6 nitrogen and oxygen atoms in total. The minimum atomic E-state index is -0.0365. The number of rotatable bonds is 3. The fourth-order valence-corrected chi connectivity index (χ4v) is 4.67. The van der Waals surface area contributed by atoms with E-state index >= 15 is 0 Å². The second-order valence-corrected chi connectivity index (χ2v) is 8.02. The van der Waals surface area contributed by atoms with Gasteiger partial charge in [0, 0.05) is 35.6 Å². The number of halogens is 1. The summed E-state index contributed by atoms with van der Waals surface area (Å²) in [6.07, 6.45) is 4.92. The summed E-state index contributed by atoms with van der Waals surface area (Å²) >= 11 is 6.32. The Bertz CT molecular complexity index is 1070. The highest BCUT2D eigenvalue weighted by Crippen LogP contribution is 2.38. The molecule has 0 saturated carbocycles. The van der Waals surface area contributed by atoms with Gasteiger partial charge in [-0.2, -0.15) is 5.26 Å². The van der Waals surface area contributed by atoms with Gasteiger partial charge in [-0.3, -0.25) is 4.98 Å². The molecule has 1 aromatic carbocycles. The Morgan fingerprint density at radius 2 is 2.18 bits per heavy atom. The van der Waals surface area contributed by atoms with Crippen molar-refractivity contribution >= 4 is 33.5 Å². The molecule has 0 spiro atoms. The molecule has 3 atom stereocenters. The van der Waals surface area contributed by atoms with E-state index in [2.05, 4.69) is 15.6 Å². The van der Waals surface area contributed by atoms with Gasteiger partial charge in [0.2, 0.25) is 0 Å². The molecular weight excluding hydrogens is 376 g/mol. The Morgan fingerprint density at radius 1 is 1.25 bits per heavy atom. The lowest BCUT2D eigenvalue weighted by Gasteiger charge is -2.31. The number of pyridine rings is 1. The predicted octanol–water partition coefficient (Wildman–Crippen LogP) is 4.38. The van der Waals surface area contributed by atoms with Crippen LogP contribution in [-0.2, 0) is 9.47 Å². The number of nitrogens with zero attached hydrogens (tertiary/aromatic N) is 4. The summed E-state index contributed by atoms with van der Waals surface area (Å²) < 4.78 is 13.9. The Hall–Kier alpha value is -2.20. The molecule has 4 heterocycles. The van der Waals surface area contributed by atoms with Crippen molar-refractivity contribution < 1.29 is 9.47 Å². The molecule has 2 aromatic heterocycles. The first-order valence-corrected chi connectivity index (χ1v) is 10.1. The van der Waals surface area contributed by atoms with E-state index in [9.17, 15) is 0 Å². The molecule has 2 unspecified atom stereocenters. The SMILES string of the molecule is N#CCC1CC(n2c([C@H]3CCOC3)nc3cnc4ccc(Cl)cc4c32)CCO1. The maximum atomic E-state index is 9.12. The number of nitriles is 1. The average Bonchev–Trinajstić information content (AvgIpc) is 3.36. The van der Waals surface area contributed by atoms with Crippen LogP contribution in [0.1, 0.15) is 43.5 Å². The summed E-state index contributed by atoms with van der Waals surface area (Å²) in [5.74, 6) is 1.34. The Kier molecular flexibility index (Phi) is 4.67. The van der Waals surface area contributed by atoms with Gasteiger partial charge < -0.3 is 14.0 Å². The summed E-state index contributed by atoms with van der Waals surface area (Å²) in [6.45, 7) is 2.12. The van der Waals surface area contributed by atoms with Crippen molar-refractivity contribution in [3.05, 3.63) is 35.2 Å². The molecule has 0 bridgehead atoms. The van der Waals surface area contributed by atoms with Gasteiger partial charge in [-0.05, 0) is 37.5 Å². The molecular formula is C21H21ClN4O2. The number of aromatic nitrogens is 3. The quantitative estimate of drug-likeness (QED) is 0.657. The van der Waals surface area contributed by atoms with Gasteiger partial charge in [-0.1, -0.05) is 11.6 Å². The highest BCUT2D eigenvalue weighted by atomic mass is 35.5. The molecule has 3 aromatic rings. The largest absolute Gasteiger partial charge is 0.381 e. The van der Waals surface area contributed by atoms with Crippen LogP contribution < -0.4 is 0 Å². The molecule has 0 aliphatic carbocycles. The molecule has 2 aliphatic heterocycles. The summed E-state index contributed by atoms with van der Waals surface area (Å²) in [7, 11) is 0. The average molecular weight is 397 g/mol. The van der Waals surface area contributed by atoms with E-state index < -0.39 is 0 Å². The molecule has 0 radical (unpaired) electrons. The number of benzene rings is 1. The summed E-state index contributed by atoms with van der Waals surface area (Å²) in [4.78, 5) is 9.58. The van der Waals surface area contributed by atoms with Gasteiger partial charge in [-0.15, -0.1) is 0 Å². The maximum absolute atomic E-state index is 9.12. The van der Waals surface area contributed by atoms with Gasteiger partial charge >= 0.3 is 0 Å².